The van der Waals surface area contributed by atoms with Crippen molar-refractivity contribution in [3.05, 3.63) is 101 Å². The second-order valence-corrected chi connectivity index (χ2v) is 9.46. The molecule has 39 heavy (non-hydrogen) atoms. The Morgan fingerprint density at radius 3 is 2.54 bits per heavy atom. The molecule has 0 radical (unpaired) electrons. The Balaban J connectivity index is 1.69. The highest BCUT2D eigenvalue weighted by molar-refractivity contribution is 6.04. The van der Waals surface area contributed by atoms with Crippen LogP contribution < -0.4 is 11.1 Å². The fourth-order valence-electron chi connectivity index (χ4n) is 4.00. The van der Waals surface area contributed by atoms with Crippen molar-refractivity contribution in [1.29, 1.82) is 0 Å². The van der Waals surface area contributed by atoms with Crippen molar-refractivity contribution in [3.63, 3.8) is 0 Å². The number of benzene rings is 2. The van der Waals surface area contributed by atoms with Crippen molar-refractivity contribution in [2.75, 3.05) is 18.5 Å². The molecule has 3 N–H and O–H groups in total. The quantitative estimate of drug-likeness (QED) is 0.224. The molecule has 1 aliphatic rings. The summed E-state index contributed by atoms with van der Waals surface area (Å²) in [6.07, 6.45) is -0.355. The zero-order valence-corrected chi connectivity index (χ0v) is 21.6. The minimum absolute atomic E-state index is 0.162. The summed E-state index contributed by atoms with van der Waals surface area (Å²) in [7, 11) is 0. The van der Waals surface area contributed by atoms with Gasteiger partial charge in [0.15, 0.2) is 11.5 Å². The average molecular weight is 543 g/mol. The van der Waals surface area contributed by atoms with Crippen LogP contribution in [0.25, 0.3) is 5.70 Å². The smallest absolute Gasteiger partial charge is 0.368 e. The number of alkyl halides is 3. The van der Waals surface area contributed by atoms with Gasteiger partial charge in [-0.05, 0) is 50.3 Å². The molecule has 6 nitrogen and oxygen atoms in total. The number of aromatic nitrogens is 2. The number of rotatable bonds is 10. The van der Waals surface area contributed by atoms with E-state index >= 15 is 4.39 Å². The molecule has 10 heteroatoms. The zero-order valence-electron chi connectivity index (χ0n) is 21.6. The van der Waals surface area contributed by atoms with Gasteiger partial charge in [0.1, 0.15) is 11.8 Å². The SMILES string of the molecule is C/C=C(\C=C(/C)CN)n1nc(C(F)(F)F)cc1C(=O)Nc1cccc(C(OCC2CC2)c2ccccc2)c1F. The molecule has 1 aromatic heterocycles. The van der Waals surface area contributed by atoms with Gasteiger partial charge in [0.25, 0.3) is 5.91 Å². The number of anilines is 1. The van der Waals surface area contributed by atoms with E-state index in [9.17, 15) is 18.0 Å². The number of carbonyl (C=O) groups is 1. The van der Waals surface area contributed by atoms with E-state index in [2.05, 4.69) is 10.4 Å². The molecule has 1 fully saturated rings. The largest absolute Gasteiger partial charge is 0.435 e. The van der Waals surface area contributed by atoms with Gasteiger partial charge in [-0.3, -0.25) is 4.79 Å². The first-order valence-electron chi connectivity index (χ1n) is 12.6. The van der Waals surface area contributed by atoms with Gasteiger partial charge in [-0.1, -0.05) is 54.1 Å². The fraction of sp³-hybridized carbons (Fsp3) is 0.310. The van der Waals surface area contributed by atoms with E-state index in [1.807, 2.05) is 30.3 Å². The number of nitrogens with zero attached hydrogens (tertiary/aromatic N) is 2. The van der Waals surface area contributed by atoms with Crippen molar-refractivity contribution in [2.24, 2.45) is 11.7 Å². The van der Waals surface area contributed by atoms with Crippen molar-refractivity contribution in [3.8, 4) is 0 Å². The topological polar surface area (TPSA) is 82.2 Å². The van der Waals surface area contributed by atoms with E-state index < -0.39 is 35.4 Å². The molecule has 1 unspecified atom stereocenters. The van der Waals surface area contributed by atoms with Gasteiger partial charge in [-0.2, -0.15) is 18.3 Å². The first-order valence-corrected chi connectivity index (χ1v) is 12.6. The van der Waals surface area contributed by atoms with Gasteiger partial charge >= 0.3 is 6.18 Å². The molecule has 1 heterocycles. The third-order valence-electron chi connectivity index (χ3n) is 6.35. The van der Waals surface area contributed by atoms with Crippen LogP contribution in [0, 0.1) is 11.7 Å². The number of allylic oxidation sites excluding steroid dienone is 3. The van der Waals surface area contributed by atoms with Crippen LogP contribution in [-0.2, 0) is 10.9 Å². The van der Waals surface area contributed by atoms with Gasteiger partial charge in [-0.15, -0.1) is 0 Å². The van der Waals surface area contributed by atoms with Gasteiger partial charge in [0.2, 0.25) is 0 Å². The summed E-state index contributed by atoms with van der Waals surface area (Å²) in [5, 5.41) is 6.05. The minimum atomic E-state index is -4.79. The standard InChI is InChI=1S/C29H30F4N4O2/c1-3-21(14-18(2)16-34)37-24(15-25(36-37)29(31,32)33)28(38)35-23-11-7-10-22(26(23)30)27(39-17-19-12-13-19)20-8-5-4-6-9-20/h3-11,14-15,19,27H,12-13,16-17,34H2,1-2H3,(H,35,38)/b18-14+,21-3+. The van der Waals surface area contributed by atoms with Crippen LogP contribution in [0.1, 0.15) is 60.1 Å². The lowest BCUT2D eigenvalue weighted by Gasteiger charge is -2.21. The van der Waals surface area contributed by atoms with Crippen molar-refractivity contribution in [2.45, 2.75) is 39.0 Å². The van der Waals surface area contributed by atoms with E-state index in [0.717, 1.165) is 23.1 Å². The summed E-state index contributed by atoms with van der Waals surface area (Å²) >= 11 is 0. The highest BCUT2D eigenvalue weighted by atomic mass is 19.4. The molecule has 2 aromatic carbocycles. The maximum Gasteiger partial charge on any atom is 0.435 e. The van der Waals surface area contributed by atoms with Crippen LogP contribution in [0.15, 0.2) is 72.3 Å². The number of carbonyl (C=O) groups excluding carboxylic acids is 1. The normalized spacial score (nSPS) is 15.4. The first kappa shape index (κ1) is 28.3. The summed E-state index contributed by atoms with van der Waals surface area (Å²) in [5.41, 5.74) is 5.60. The number of nitrogens with one attached hydrogen (secondary N) is 1. The van der Waals surface area contributed by atoms with Gasteiger partial charge < -0.3 is 15.8 Å². The summed E-state index contributed by atoms with van der Waals surface area (Å²) < 4.78 is 63.4. The molecule has 1 aliphatic carbocycles. The van der Waals surface area contributed by atoms with Crippen LogP contribution in [0.2, 0.25) is 0 Å². The number of nitrogens with two attached hydrogens (primary N) is 1. The molecule has 1 saturated carbocycles. The Morgan fingerprint density at radius 1 is 1.21 bits per heavy atom. The molecule has 0 aliphatic heterocycles. The van der Waals surface area contributed by atoms with E-state index in [4.69, 9.17) is 10.5 Å². The predicted octanol–water partition coefficient (Wildman–Crippen LogP) is 6.58. The Hall–Kier alpha value is -3.76. The molecule has 1 atom stereocenters. The summed E-state index contributed by atoms with van der Waals surface area (Å²) in [6, 6.07) is 14.3. The Morgan fingerprint density at radius 2 is 1.92 bits per heavy atom. The lowest BCUT2D eigenvalue weighted by molar-refractivity contribution is -0.141. The Labute approximate surface area is 224 Å². The zero-order chi connectivity index (χ0) is 28.2. The third-order valence-corrected chi connectivity index (χ3v) is 6.35. The monoisotopic (exact) mass is 542 g/mol. The molecule has 1 amide bonds. The lowest BCUT2D eigenvalue weighted by atomic mass is 10.00. The van der Waals surface area contributed by atoms with Crippen LogP contribution in [-0.4, -0.2) is 28.8 Å². The maximum absolute atomic E-state index is 15.8. The summed E-state index contributed by atoms with van der Waals surface area (Å²) in [4.78, 5) is 13.3. The first-order chi connectivity index (χ1) is 18.6. The molecule has 0 bridgehead atoms. The third kappa shape index (κ3) is 6.82. The second-order valence-electron chi connectivity index (χ2n) is 9.46. The highest BCUT2D eigenvalue weighted by Gasteiger charge is 2.36. The molecular weight excluding hydrogens is 512 g/mol. The van der Waals surface area contributed by atoms with Gasteiger partial charge in [0, 0.05) is 18.2 Å². The predicted molar refractivity (Wildman–Crippen MR) is 141 cm³/mol. The highest BCUT2D eigenvalue weighted by Crippen LogP contribution is 2.36. The number of halogens is 4. The maximum atomic E-state index is 15.8. The van der Waals surface area contributed by atoms with Gasteiger partial charge in [-0.25, -0.2) is 9.07 Å². The lowest BCUT2D eigenvalue weighted by Crippen LogP contribution is -2.19. The van der Waals surface area contributed by atoms with Gasteiger partial charge in [0.05, 0.1) is 18.0 Å². The fourth-order valence-corrected chi connectivity index (χ4v) is 4.00. The number of ether oxygens (including phenoxy) is 1. The number of amides is 1. The number of hydrogen-bond donors (Lipinski definition) is 2. The van der Waals surface area contributed by atoms with Crippen LogP contribution in [0.3, 0.4) is 0 Å². The van der Waals surface area contributed by atoms with Crippen LogP contribution in [0.4, 0.5) is 23.2 Å². The molecule has 206 valence electrons. The molecule has 3 aromatic rings. The molecular formula is C29H30F4N4O2. The Bertz CT molecular complexity index is 1380. The molecule has 4 rings (SSSR count). The van der Waals surface area contributed by atoms with Crippen LogP contribution in [0.5, 0.6) is 0 Å². The van der Waals surface area contributed by atoms with E-state index in [1.165, 1.54) is 18.2 Å². The Kier molecular flexibility index (Phi) is 8.66. The van der Waals surface area contributed by atoms with Crippen molar-refractivity contribution >= 4 is 17.3 Å². The summed E-state index contributed by atoms with van der Waals surface area (Å²) in [6.45, 7) is 3.93. The van der Waals surface area contributed by atoms with Crippen molar-refractivity contribution < 1.29 is 27.1 Å². The average Bonchev–Trinajstić information content (AvgIpc) is 3.63. The number of hydrogen-bond acceptors (Lipinski definition) is 4. The van der Waals surface area contributed by atoms with Crippen molar-refractivity contribution in [1.82, 2.24) is 9.78 Å². The van der Waals surface area contributed by atoms with E-state index in [0.29, 0.717) is 24.2 Å². The van der Waals surface area contributed by atoms with Crippen LogP contribution >= 0.6 is 0 Å². The van der Waals surface area contributed by atoms with E-state index in [1.54, 1.807) is 26.0 Å². The second kappa shape index (κ2) is 12.0. The van der Waals surface area contributed by atoms with E-state index in [-0.39, 0.29) is 23.5 Å². The molecule has 0 spiro atoms. The minimum Gasteiger partial charge on any atom is -0.368 e. The molecule has 0 saturated heterocycles. The summed E-state index contributed by atoms with van der Waals surface area (Å²) in [5.74, 6) is -1.26.